The van der Waals surface area contributed by atoms with Crippen LogP contribution in [0.2, 0.25) is 0 Å². The van der Waals surface area contributed by atoms with Gasteiger partial charge in [-0.15, -0.1) is 0 Å². The van der Waals surface area contributed by atoms with E-state index in [-0.39, 0.29) is 18.4 Å². The number of para-hydroxylation sites is 1. The number of carbonyl (C=O) groups is 2. The topological polar surface area (TPSA) is 58.6 Å². The van der Waals surface area contributed by atoms with Crippen molar-refractivity contribution in [3.05, 3.63) is 30.3 Å². The third-order valence-corrected chi connectivity index (χ3v) is 2.40. The molecule has 1 N–H and O–H groups in total. The Morgan fingerprint density at radius 3 is 2.50 bits per heavy atom. The summed E-state index contributed by atoms with van der Waals surface area (Å²) in [6.45, 7) is 2.30. The molecule has 18 heavy (non-hydrogen) atoms. The number of anilines is 1. The summed E-state index contributed by atoms with van der Waals surface area (Å²) in [5, 5.41) is 2.73. The Hall–Kier alpha value is -1.88. The van der Waals surface area contributed by atoms with Crippen molar-refractivity contribution in [2.24, 2.45) is 0 Å². The molecule has 0 aromatic heterocycles. The fraction of sp³-hybridized carbons (Fsp3) is 0.385. The molecule has 98 valence electrons. The lowest BCUT2D eigenvalue weighted by atomic mass is 10.3. The van der Waals surface area contributed by atoms with E-state index in [0.29, 0.717) is 13.2 Å². The van der Waals surface area contributed by atoms with Crippen LogP contribution in [0.3, 0.4) is 0 Å². The molecule has 0 heterocycles. The van der Waals surface area contributed by atoms with Crippen LogP contribution in [0.1, 0.15) is 6.92 Å². The molecule has 1 aromatic carbocycles. The van der Waals surface area contributed by atoms with Crippen LogP contribution in [-0.4, -0.2) is 43.5 Å². The molecule has 1 aromatic rings. The van der Waals surface area contributed by atoms with Gasteiger partial charge in [0.25, 0.3) is 0 Å². The van der Waals surface area contributed by atoms with E-state index in [9.17, 15) is 9.59 Å². The lowest BCUT2D eigenvalue weighted by Crippen LogP contribution is -2.38. The van der Waals surface area contributed by atoms with Gasteiger partial charge in [0.05, 0.1) is 13.2 Å². The molecule has 0 unspecified atom stereocenters. The van der Waals surface area contributed by atoms with Crippen molar-refractivity contribution >= 4 is 17.5 Å². The molecule has 0 aliphatic heterocycles. The smallest absolute Gasteiger partial charge is 0.243 e. The number of carbonyl (C=O) groups excluding carboxylic acids is 2. The number of nitrogens with zero attached hydrogens (tertiary/aromatic N) is 1. The molecule has 0 radical (unpaired) electrons. The first-order chi connectivity index (χ1) is 8.63. The van der Waals surface area contributed by atoms with E-state index in [1.807, 2.05) is 18.2 Å². The average molecular weight is 250 g/mol. The van der Waals surface area contributed by atoms with Crippen LogP contribution in [0, 0.1) is 0 Å². The van der Waals surface area contributed by atoms with E-state index in [4.69, 9.17) is 4.74 Å². The molecule has 0 fully saturated rings. The summed E-state index contributed by atoms with van der Waals surface area (Å²) in [5.74, 6) is -0.359. The predicted molar refractivity (Wildman–Crippen MR) is 69.2 cm³/mol. The van der Waals surface area contributed by atoms with Gasteiger partial charge in [0.2, 0.25) is 11.8 Å². The van der Waals surface area contributed by atoms with Crippen molar-refractivity contribution in [2.45, 2.75) is 6.92 Å². The summed E-state index contributed by atoms with van der Waals surface area (Å²) in [4.78, 5) is 24.5. The average Bonchev–Trinajstić information content (AvgIpc) is 2.35. The number of nitrogens with one attached hydrogen (secondary N) is 1. The number of benzene rings is 1. The summed E-state index contributed by atoms with van der Waals surface area (Å²) in [7, 11) is 1.56. The Morgan fingerprint density at radius 2 is 1.94 bits per heavy atom. The Balaban J connectivity index is 2.48. The molecule has 0 spiro atoms. The highest BCUT2D eigenvalue weighted by Crippen LogP contribution is 2.04. The highest BCUT2D eigenvalue weighted by Gasteiger charge is 2.13. The second-order valence-electron chi connectivity index (χ2n) is 3.85. The first-order valence-electron chi connectivity index (χ1n) is 5.73. The van der Waals surface area contributed by atoms with Crippen LogP contribution in [0.5, 0.6) is 0 Å². The summed E-state index contributed by atoms with van der Waals surface area (Å²) in [5.41, 5.74) is 0.720. The Kier molecular flexibility index (Phi) is 5.87. The number of amides is 2. The molecule has 0 bridgehead atoms. The normalized spacial score (nSPS) is 9.89. The minimum atomic E-state index is -0.215. The van der Waals surface area contributed by atoms with Gasteiger partial charge in [-0.25, -0.2) is 0 Å². The molecule has 5 nitrogen and oxygen atoms in total. The maximum absolute atomic E-state index is 11.7. The number of ether oxygens (including phenoxy) is 1. The maximum atomic E-state index is 11.7. The van der Waals surface area contributed by atoms with Crippen LogP contribution in [0.4, 0.5) is 5.69 Å². The Bertz CT molecular complexity index is 392. The van der Waals surface area contributed by atoms with Crippen molar-refractivity contribution in [1.29, 1.82) is 0 Å². The molecular formula is C13H18N2O3. The SMILES string of the molecule is COCCN(CC(=O)Nc1ccccc1)C(C)=O. The van der Waals surface area contributed by atoms with Gasteiger partial charge in [-0.05, 0) is 12.1 Å². The van der Waals surface area contributed by atoms with Crippen molar-refractivity contribution in [3.63, 3.8) is 0 Å². The fourth-order valence-corrected chi connectivity index (χ4v) is 1.44. The highest BCUT2D eigenvalue weighted by molar-refractivity contribution is 5.94. The molecule has 1 rings (SSSR count). The van der Waals surface area contributed by atoms with E-state index in [1.165, 1.54) is 11.8 Å². The second kappa shape index (κ2) is 7.45. The Labute approximate surface area is 107 Å². The summed E-state index contributed by atoms with van der Waals surface area (Å²) >= 11 is 0. The number of hydrogen-bond acceptors (Lipinski definition) is 3. The van der Waals surface area contributed by atoms with Crippen molar-refractivity contribution in [2.75, 3.05) is 32.1 Å². The van der Waals surface area contributed by atoms with Crippen molar-refractivity contribution < 1.29 is 14.3 Å². The molecule has 0 saturated heterocycles. The van der Waals surface area contributed by atoms with Crippen LogP contribution >= 0.6 is 0 Å². The molecule has 0 atom stereocenters. The third-order valence-electron chi connectivity index (χ3n) is 2.40. The van der Waals surface area contributed by atoms with Gasteiger partial charge in [-0.1, -0.05) is 18.2 Å². The van der Waals surface area contributed by atoms with Crippen molar-refractivity contribution in [1.82, 2.24) is 4.90 Å². The minimum absolute atomic E-state index is 0.0353. The van der Waals surface area contributed by atoms with E-state index >= 15 is 0 Å². The van der Waals surface area contributed by atoms with Crippen molar-refractivity contribution in [3.8, 4) is 0 Å². The monoisotopic (exact) mass is 250 g/mol. The van der Waals surface area contributed by atoms with Gasteiger partial charge in [0, 0.05) is 26.3 Å². The highest BCUT2D eigenvalue weighted by atomic mass is 16.5. The third kappa shape index (κ3) is 4.97. The van der Waals surface area contributed by atoms with Gasteiger partial charge < -0.3 is 15.0 Å². The van der Waals surface area contributed by atoms with Gasteiger partial charge in [-0.2, -0.15) is 0 Å². The fourth-order valence-electron chi connectivity index (χ4n) is 1.44. The number of rotatable bonds is 6. The molecule has 5 heteroatoms. The largest absolute Gasteiger partial charge is 0.383 e. The standard InChI is InChI=1S/C13H18N2O3/c1-11(16)15(8-9-18-2)10-13(17)14-12-6-4-3-5-7-12/h3-7H,8-10H2,1-2H3,(H,14,17). The van der Waals surface area contributed by atoms with Crippen LogP contribution in [0.25, 0.3) is 0 Å². The van der Waals surface area contributed by atoms with Crippen LogP contribution in [-0.2, 0) is 14.3 Å². The lowest BCUT2D eigenvalue weighted by Gasteiger charge is -2.19. The first-order valence-corrected chi connectivity index (χ1v) is 5.73. The number of methoxy groups -OCH3 is 1. The quantitative estimate of drug-likeness (QED) is 0.823. The molecule has 0 saturated carbocycles. The first kappa shape index (κ1) is 14.2. The van der Waals surface area contributed by atoms with Gasteiger partial charge in [0.15, 0.2) is 0 Å². The van der Waals surface area contributed by atoms with Gasteiger partial charge in [0.1, 0.15) is 0 Å². The Morgan fingerprint density at radius 1 is 1.28 bits per heavy atom. The van der Waals surface area contributed by atoms with E-state index < -0.39 is 0 Å². The van der Waals surface area contributed by atoms with Crippen LogP contribution < -0.4 is 5.32 Å². The van der Waals surface area contributed by atoms with E-state index in [0.717, 1.165) is 5.69 Å². The van der Waals surface area contributed by atoms with Crippen LogP contribution in [0.15, 0.2) is 30.3 Å². The molecule has 2 amide bonds. The lowest BCUT2D eigenvalue weighted by molar-refractivity contribution is -0.133. The summed E-state index contributed by atoms with van der Waals surface area (Å²) in [6, 6.07) is 9.14. The van der Waals surface area contributed by atoms with E-state index in [1.54, 1.807) is 19.2 Å². The van der Waals surface area contributed by atoms with E-state index in [2.05, 4.69) is 5.32 Å². The maximum Gasteiger partial charge on any atom is 0.243 e. The number of hydrogen-bond donors (Lipinski definition) is 1. The minimum Gasteiger partial charge on any atom is -0.383 e. The second-order valence-corrected chi connectivity index (χ2v) is 3.85. The zero-order valence-corrected chi connectivity index (χ0v) is 10.7. The summed E-state index contributed by atoms with van der Waals surface area (Å²) in [6.07, 6.45) is 0. The van der Waals surface area contributed by atoms with Gasteiger partial charge in [-0.3, -0.25) is 9.59 Å². The molecular weight excluding hydrogens is 232 g/mol. The summed E-state index contributed by atoms with van der Waals surface area (Å²) < 4.78 is 4.90. The molecule has 0 aliphatic rings. The zero-order chi connectivity index (χ0) is 13.4. The van der Waals surface area contributed by atoms with Gasteiger partial charge >= 0.3 is 0 Å². The molecule has 0 aliphatic carbocycles. The zero-order valence-electron chi connectivity index (χ0n) is 10.7. The predicted octanol–water partition coefficient (Wildman–Crippen LogP) is 1.12.